The van der Waals surface area contributed by atoms with Crippen LogP contribution in [-0.4, -0.2) is 7.11 Å². The lowest BCUT2D eigenvalue weighted by atomic mass is 10.0. The molecule has 0 radical (unpaired) electrons. The molecular weight excluding hydrogens is 240 g/mol. The Hall–Kier alpha value is -1.77. The Labute approximate surface area is 113 Å². The zero-order valence-corrected chi connectivity index (χ0v) is 11.6. The summed E-state index contributed by atoms with van der Waals surface area (Å²) >= 11 is 0. The van der Waals surface area contributed by atoms with Crippen molar-refractivity contribution in [3.63, 3.8) is 0 Å². The van der Waals surface area contributed by atoms with Crippen LogP contribution in [-0.2, 0) is 6.42 Å². The van der Waals surface area contributed by atoms with E-state index in [1.54, 1.807) is 19.2 Å². The second-order valence-corrected chi connectivity index (χ2v) is 4.76. The van der Waals surface area contributed by atoms with Crippen LogP contribution in [0.3, 0.4) is 0 Å². The van der Waals surface area contributed by atoms with Gasteiger partial charge in [0.2, 0.25) is 0 Å². The van der Waals surface area contributed by atoms with Crippen LogP contribution in [0.2, 0.25) is 0 Å². The molecule has 0 unspecified atom stereocenters. The van der Waals surface area contributed by atoms with Gasteiger partial charge in [-0.15, -0.1) is 0 Å². The van der Waals surface area contributed by atoms with Gasteiger partial charge < -0.3 is 9.15 Å². The number of methoxy groups -OCH3 is 1. The first-order chi connectivity index (χ1) is 9.24. The number of benzene rings is 1. The summed E-state index contributed by atoms with van der Waals surface area (Å²) in [6.07, 6.45) is 5.70. The largest absolute Gasteiger partial charge is 0.497 e. The lowest BCUT2D eigenvalue weighted by Gasteiger charge is -2.06. The van der Waals surface area contributed by atoms with Gasteiger partial charge in [0, 0.05) is 17.5 Å². The number of rotatable bonds is 6. The zero-order chi connectivity index (χ0) is 13.7. The van der Waals surface area contributed by atoms with Crippen LogP contribution < -0.4 is 10.4 Å². The monoisotopic (exact) mass is 260 g/mol. The van der Waals surface area contributed by atoms with Crippen LogP contribution in [0.1, 0.15) is 38.2 Å². The quantitative estimate of drug-likeness (QED) is 0.583. The van der Waals surface area contributed by atoms with E-state index in [4.69, 9.17) is 9.15 Å². The van der Waals surface area contributed by atoms with E-state index in [0.29, 0.717) is 11.3 Å². The first kappa shape index (κ1) is 13.7. The third-order valence-corrected chi connectivity index (χ3v) is 3.34. The molecule has 0 aliphatic heterocycles. The highest BCUT2D eigenvalue weighted by Gasteiger charge is 2.06. The molecule has 2 rings (SSSR count). The number of aryl methyl sites for hydroxylation is 1. The van der Waals surface area contributed by atoms with E-state index in [1.165, 1.54) is 19.3 Å². The Morgan fingerprint density at radius 3 is 2.74 bits per heavy atom. The molecule has 0 aliphatic carbocycles. The number of hydrogen-bond acceptors (Lipinski definition) is 3. The Morgan fingerprint density at radius 2 is 2.00 bits per heavy atom. The summed E-state index contributed by atoms with van der Waals surface area (Å²) in [6, 6.07) is 7.25. The maximum Gasteiger partial charge on any atom is 0.336 e. The van der Waals surface area contributed by atoms with E-state index in [9.17, 15) is 4.79 Å². The van der Waals surface area contributed by atoms with Gasteiger partial charge >= 0.3 is 5.63 Å². The number of hydrogen-bond donors (Lipinski definition) is 0. The molecule has 0 aliphatic rings. The van der Waals surface area contributed by atoms with Crippen molar-refractivity contribution in [2.45, 2.75) is 39.0 Å². The lowest BCUT2D eigenvalue weighted by molar-refractivity contribution is 0.414. The molecule has 0 fully saturated rings. The summed E-state index contributed by atoms with van der Waals surface area (Å²) in [5.74, 6) is 0.707. The summed E-state index contributed by atoms with van der Waals surface area (Å²) < 4.78 is 10.4. The van der Waals surface area contributed by atoms with Gasteiger partial charge in [0.1, 0.15) is 11.3 Å². The van der Waals surface area contributed by atoms with E-state index in [2.05, 4.69) is 6.92 Å². The van der Waals surface area contributed by atoms with Crippen molar-refractivity contribution < 1.29 is 9.15 Å². The average Bonchev–Trinajstić information content (AvgIpc) is 2.42. The molecule has 2 aromatic rings. The van der Waals surface area contributed by atoms with E-state index in [0.717, 1.165) is 23.8 Å². The molecule has 1 aromatic carbocycles. The third-order valence-electron chi connectivity index (χ3n) is 3.34. The molecule has 0 saturated heterocycles. The molecule has 102 valence electrons. The van der Waals surface area contributed by atoms with E-state index in [-0.39, 0.29) is 5.63 Å². The second kappa shape index (κ2) is 6.41. The van der Waals surface area contributed by atoms with Crippen molar-refractivity contribution >= 4 is 11.0 Å². The van der Waals surface area contributed by atoms with Gasteiger partial charge in [0.15, 0.2) is 0 Å². The van der Waals surface area contributed by atoms with Gasteiger partial charge in [0.25, 0.3) is 0 Å². The van der Waals surface area contributed by atoms with Crippen LogP contribution in [0.15, 0.2) is 33.5 Å². The molecule has 0 bridgehead atoms. The first-order valence-corrected chi connectivity index (χ1v) is 6.85. The minimum atomic E-state index is -0.286. The Bertz CT molecular complexity index is 598. The van der Waals surface area contributed by atoms with Gasteiger partial charge in [-0.2, -0.15) is 0 Å². The van der Waals surface area contributed by atoms with E-state index >= 15 is 0 Å². The van der Waals surface area contributed by atoms with E-state index in [1.807, 2.05) is 12.1 Å². The Balaban J connectivity index is 2.29. The average molecular weight is 260 g/mol. The van der Waals surface area contributed by atoms with Gasteiger partial charge in [0.05, 0.1) is 7.11 Å². The molecule has 1 heterocycles. The molecule has 0 amide bonds. The predicted molar refractivity (Wildman–Crippen MR) is 76.9 cm³/mol. The SMILES string of the molecule is CCCCCCc1cc(=O)oc2cc(OC)ccc12. The van der Waals surface area contributed by atoms with Gasteiger partial charge in [-0.1, -0.05) is 26.2 Å². The van der Waals surface area contributed by atoms with Crippen LogP contribution in [0.25, 0.3) is 11.0 Å². The highest BCUT2D eigenvalue weighted by molar-refractivity contribution is 5.81. The summed E-state index contributed by atoms with van der Waals surface area (Å²) in [7, 11) is 1.61. The van der Waals surface area contributed by atoms with Crippen molar-refractivity contribution in [1.29, 1.82) is 0 Å². The molecule has 0 atom stereocenters. The maximum absolute atomic E-state index is 11.6. The molecule has 0 saturated carbocycles. The molecule has 19 heavy (non-hydrogen) atoms. The summed E-state index contributed by atoms with van der Waals surface area (Å²) in [5, 5.41) is 1.01. The molecule has 1 aromatic heterocycles. The van der Waals surface area contributed by atoms with Crippen LogP contribution in [0.4, 0.5) is 0 Å². The Kier molecular flexibility index (Phi) is 4.61. The van der Waals surface area contributed by atoms with Gasteiger partial charge in [-0.3, -0.25) is 0 Å². The molecule has 3 heteroatoms. The minimum absolute atomic E-state index is 0.286. The zero-order valence-electron chi connectivity index (χ0n) is 11.6. The van der Waals surface area contributed by atoms with Crippen molar-refractivity contribution in [2.75, 3.05) is 7.11 Å². The molecule has 0 N–H and O–H groups in total. The van der Waals surface area contributed by atoms with Crippen LogP contribution in [0.5, 0.6) is 5.75 Å². The summed E-state index contributed by atoms with van der Waals surface area (Å²) in [6.45, 7) is 2.19. The minimum Gasteiger partial charge on any atom is -0.497 e. The number of fused-ring (bicyclic) bond motifs is 1. The smallest absolute Gasteiger partial charge is 0.336 e. The molecule has 3 nitrogen and oxygen atoms in total. The fourth-order valence-corrected chi connectivity index (χ4v) is 2.29. The maximum atomic E-state index is 11.6. The van der Waals surface area contributed by atoms with Crippen molar-refractivity contribution in [3.8, 4) is 5.75 Å². The number of ether oxygens (including phenoxy) is 1. The highest BCUT2D eigenvalue weighted by atomic mass is 16.5. The van der Waals surface area contributed by atoms with Crippen LogP contribution in [0, 0.1) is 0 Å². The summed E-state index contributed by atoms with van der Waals surface area (Å²) in [5.41, 5.74) is 1.40. The van der Waals surface area contributed by atoms with Gasteiger partial charge in [-0.05, 0) is 30.5 Å². The number of unbranched alkanes of at least 4 members (excludes halogenated alkanes) is 3. The predicted octanol–water partition coefficient (Wildman–Crippen LogP) is 3.92. The van der Waals surface area contributed by atoms with Crippen molar-refractivity contribution in [3.05, 3.63) is 40.2 Å². The fourth-order valence-electron chi connectivity index (χ4n) is 2.29. The summed E-state index contributed by atoms with van der Waals surface area (Å²) in [4.78, 5) is 11.6. The third kappa shape index (κ3) is 3.37. The van der Waals surface area contributed by atoms with Crippen molar-refractivity contribution in [1.82, 2.24) is 0 Å². The normalized spacial score (nSPS) is 10.8. The molecular formula is C16H20O3. The fraction of sp³-hybridized carbons (Fsp3) is 0.438. The highest BCUT2D eigenvalue weighted by Crippen LogP contribution is 2.23. The second-order valence-electron chi connectivity index (χ2n) is 4.76. The standard InChI is InChI=1S/C16H20O3/c1-3-4-5-6-7-12-10-16(17)19-15-11-13(18-2)8-9-14(12)15/h8-11H,3-7H2,1-2H3. The Morgan fingerprint density at radius 1 is 1.16 bits per heavy atom. The first-order valence-electron chi connectivity index (χ1n) is 6.85. The van der Waals surface area contributed by atoms with Crippen molar-refractivity contribution in [2.24, 2.45) is 0 Å². The van der Waals surface area contributed by atoms with Gasteiger partial charge in [-0.25, -0.2) is 4.79 Å². The lowest BCUT2D eigenvalue weighted by Crippen LogP contribution is -2.01. The van der Waals surface area contributed by atoms with Crippen LogP contribution >= 0.6 is 0 Å². The van der Waals surface area contributed by atoms with E-state index < -0.39 is 0 Å². The molecule has 0 spiro atoms. The topological polar surface area (TPSA) is 39.4 Å².